The van der Waals surface area contributed by atoms with Gasteiger partial charge in [0.15, 0.2) is 5.69 Å². The summed E-state index contributed by atoms with van der Waals surface area (Å²) >= 11 is 0. The van der Waals surface area contributed by atoms with E-state index in [1.54, 1.807) is 29.1 Å². The molecule has 2 aromatic carbocycles. The lowest BCUT2D eigenvalue weighted by Gasteiger charge is -2.15. The van der Waals surface area contributed by atoms with Gasteiger partial charge in [0.25, 0.3) is 5.91 Å². The number of aromatic nitrogens is 2. The van der Waals surface area contributed by atoms with Gasteiger partial charge in [0.05, 0.1) is 5.69 Å². The molecule has 4 nitrogen and oxygen atoms in total. The number of hydrogen-bond acceptors (Lipinski definition) is 2. The highest BCUT2D eigenvalue weighted by molar-refractivity contribution is 6.03. The maximum absolute atomic E-state index is 13.0. The van der Waals surface area contributed by atoms with Crippen molar-refractivity contribution in [2.45, 2.75) is 26.7 Å². The summed E-state index contributed by atoms with van der Waals surface area (Å²) in [6.45, 7) is 6.15. The fourth-order valence-electron chi connectivity index (χ4n) is 2.70. The lowest BCUT2D eigenvalue weighted by atomic mass is 9.98. The van der Waals surface area contributed by atoms with Crippen LogP contribution >= 0.6 is 0 Å². The van der Waals surface area contributed by atoms with E-state index in [1.807, 2.05) is 25.1 Å². The van der Waals surface area contributed by atoms with Crippen LogP contribution in [0, 0.1) is 12.7 Å². The number of anilines is 1. The minimum atomic E-state index is -0.311. The molecule has 0 aliphatic rings. The van der Waals surface area contributed by atoms with Crippen LogP contribution in [0.3, 0.4) is 0 Å². The monoisotopic (exact) mass is 337 g/mol. The zero-order chi connectivity index (χ0) is 18.0. The van der Waals surface area contributed by atoms with E-state index < -0.39 is 0 Å². The van der Waals surface area contributed by atoms with Gasteiger partial charge in [0.2, 0.25) is 0 Å². The number of nitrogens with zero attached hydrogens (tertiary/aromatic N) is 2. The first-order valence-electron chi connectivity index (χ1n) is 8.18. The van der Waals surface area contributed by atoms with Gasteiger partial charge >= 0.3 is 0 Å². The quantitative estimate of drug-likeness (QED) is 0.750. The van der Waals surface area contributed by atoms with E-state index in [0.717, 1.165) is 16.8 Å². The number of carbonyl (C=O) groups excluding carboxylic acids is 1. The van der Waals surface area contributed by atoms with Crippen molar-refractivity contribution in [2.75, 3.05) is 5.32 Å². The number of aryl methyl sites for hydroxylation is 1. The molecule has 128 valence electrons. The molecule has 1 amide bonds. The first kappa shape index (κ1) is 16.9. The second kappa shape index (κ2) is 6.89. The molecule has 0 radical (unpaired) electrons. The van der Waals surface area contributed by atoms with E-state index >= 15 is 0 Å². The average molecular weight is 337 g/mol. The SMILES string of the molecule is Cc1cccc(C(C)C)c1NC(=O)c1ccn(-c2ccc(F)cc2)n1. The van der Waals surface area contributed by atoms with Gasteiger partial charge < -0.3 is 5.32 Å². The second-order valence-electron chi connectivity index (χ2n) is 6.27. The Hall–Kier alpha value is -2.95. The first-order valence-corrected chi connectivity index (χ1v) is 8.18. The summed E-state index contributed by atoms with van der Waals surface area (Å²) in [7, 11) is 0. The number of hydrogen-bond donors (Lipinski definition) is 1. The van der Waals surface area contributed by atoms with Crippen LogP contribution in [0.5, 0.6) is 0 Å². The third-order valence-electron chi connectivity index (χ3n) is 4.08. The van der Waals surface area contributed by atoms with Crippen LogP contribution in [0.25, 0.3) is 5.69 Å². The number of benzene rings is 2. The van der Waals surface area contributed by atoms with Crippen LogP contribution in [-0.4, -0.2) is 15.7 Å². The van der Waals surface area contributed by atoms with Crippen molar-refractivity contribution in [3.63, 3.8) is 0 Å². The molecule has 0 bridgehead atoms. The molecule has 0 saturated carbocycles. The zero-order valence-electron chi connectivity index (χ0n) is 14.5. The lowest BCUT2D eigenvalue weighted by molar-refractivity contribution is 0.102. The molecule has 0 aliphatic heterocycles. The standard InChI is InChI=1S/C20H20FN3O/c1-13(2)17-6-4-5-14(3)19(17)22-20(25)18-11-12-24(23-18)16-9-7-15(21)8-10-16/h4-13H,1-3H3,(H,22,25). The van der Waals surface area contributed by atoms with Crippen LogP contribution in [-0.2, 0) is 0 Å². The number of para-hydroxylation sites is 1. The summed E-state index contributed by atoms with van der Waals surface area (Å²) in [5.74, 6) is -0.279. The predicted molar refractivity (Wildman–Crippen MR) is 96.7 cm³/mol. The average Bonchev–Trinajstić information content (AvgIpc) is 3.07. The van der Waals surface area contributed by atoms with Crippen LogP contribution in [0.2, 0.25) is 0 Å². The van der Waals surface area contributed by atoms with Crippen molar-refractivity contribution >= 4 is 11.6 Å². The lowest BCUT2D eigenvalue weighted by Crippen LogP contribution is -2.15. The fraction of sp³-hybridized carbons (Fsp3) is 0.200. The predicted octanol–water partition coefficient (Wildman–Crippen LogP) is 4.70. The van der Waals surface area contributed by atoms with Crippen molar-refractivity contribution in [3.8, 4) is 5.69 Å². The van der Waals surface area contributed by atoms with Gasteiger partial charge in [-0.15, -0.1) is 0 Å². The maximum Gasteiger partial charge on any atom is 0.276 e. The molecule has 0 atom stereocenters. The molecule has 0 saturated heterocycles. The first-order chi connectivity index (χ1) is 12.0. The third kappa shape index (κ3) is 3.60. The Morgan fingerprint density at radius 2 is 1.84 bits per heavy atom. The zero-order valence-corrected chi connectivity index (χ0v) is 14.5. The van der Waals surface area contributed by atoms with Gasteiger partial charge in [-0.25, -0.2) is 9.07 Å². The molecular weight excluding hydrogens is 317 g/mol. The number of nitrogens with one attached hydrogen (secondary N) is 1. The third-order valence-corrected chi connectivity index (χ3v) is 4.08. The van der Waals surface area contributed by atoms with Gasteiger partial charge in [-0.2, -0.15) is 5.10 Å². The summed E-state index contributed by atoms with van der Waals surface area (Å²) in [5.41, 5.74) is 3.93. The largest absolute Gasteiger partial charge is 0.320 e. The van der Waals surface area contributed by atoms with Gasteiger partial charge in [-0.3, -0.25) is 4.79 Å². The number of carbonyl (C=O) groups is 1. The molecule has 3 rings (SSSR count). The second-order valence-corrected chi connectivity index (χ2v) is 6.27. The Labute approximate surface area is 146 Å². The smallest absolute Gasteiger partial charge is 0.276 e. The summed E-state index contributed by atoms with van der Waals surface area (Å²) in [5, 5.41) is 7.27. The van der Waals surface area contributed by atoms with E-state index in [-0.39, 0.29) is 11.7 Å². The van der Waals surface area contributed by atoms with Gasteiger partial charge in [-0.05, 0) is 54.3 Å². The van der Waals surface area contributed by atoms with E-state index in [1.165, 1.54) is 12.1 Å². The van der Waals surface area contributed by atoms with Gasteiger partial charge in [-0.1, -0.05) is 32.0 Å². The van der Waals surface area contributed by atoms with Crippen LogP contribution in [0.4, 0.5) is 10.1 Å². The molecular formula is C20H20FN3O. The summed E-state index contributed by atoms with van der Waals surface area (Å²) in [4.78, 5) is 12.6. The van der Waals surface area contributed by atoms with Crippen molar-refractivity contribution in [2.24, 2.45) is 0 Å². The summed E-state index contributed by atoms with van der Waals surface area (Å²) in [6.07, 6.45) is 1.68. The Bertz CT molecular complexity index is 898. The highest BCUT2D eigenvalue weighted by Crippen LogP contribution is 2.27. The maximum atomic E-state index is 13.0. The molecule has 0 spiro atoms. The van der Waals surface area contributed by atoms with Crippen LogP contribution < -0.4 is 5.32 Å². The minimum Gasteiger partial charge on any atom is -0.320 e. The molecule has 0 fully saturated rings. The van der Waals surface area contributed by atoms with Crippen molar-refractivity contribution in [1.29, 1.82) is 0 Å². The highest BCUT2D eigenvalue weighted by atomic mass is 19.1. The molecule has 25 heavy (non-hydrogen) atoms. The highest BCUT2D eigenvalue weighted by Gasteiger charge is 2.15. The summed E-state index contributed by atoms with van der Waals surface area (Å²) in [6, 6.07) is 13.6. The van der Waals surface area contributed by atoms with Crippen molar-refractivity contribution < 1.29 is 9.18 Å². The van der Waals surface area contributed by atoms with Crippen LogP contribution in [0.1, 0.15) is 41.4 Å². The summed E-state index contributed by atoms with van der Waals surface area (Å²) < 4.78 is 14.6. The van der Waals surface area contributed by atoms with Crippen molar-refractivity contribution in [1.82, 2.24) is 9.78 Å². The molecule has 0 aliphatic carbocycles. The van der Waals surface area contributed by atoms with Crippen LogP contribution in [0.15, 0.2) is 54.7 Å². The Morgan fingerprint density at radius 1 is 1.12 bits per heavy atom. The minimum absolute atomic E-state index is 0.267. The molecule has 1 aromatic heterocycles. The van der Waals surface area contributed by atoms with E-state index in [0.29, 0.717) is 17.3 Å². The Morgan fingerprint density at radius 3 is 2.52 bits per heavy atom. The number of amides is 1. The van der Waals surface area contributed by atoms with E-state index in [4.69, 9.17) is 0 Å². The van der Waals surface area contributed by atoms with Gasteiger partial charge in [0, 0.05) is 11.9 Å². The normalized spacial score (nSPS) is 10.9. The van der Waals surface area contributed by atoms with Gasteiger partial charge in [0.1, 0.15) is 5.82 Å². The Balaban J connectivity index is 1.85. The van der Waals surface area contributed by atoms with Crippen molar-refractivity contribution in [3.05, 3.63) is 77.4 Å². The van der Waals surface area contributed by atoms with E-state index in [2.05, 4.69) is 24.3 Å². The fourth-order valence-corrected chi connectivity index (χ4v) is 2.70. The molecule has 5 heteroatoms. The number of rotatable bonds is 4. The molecule has 1 heterocycles. The number of halogens is 1. The molecule has 1 N–H and O–H groups in total. The molecule has 3 aromatic rings. The topological polar surface area (TPSA) is 46.9 Å². The Kier molecular flexibility index (Phi) is 4.65. The molecule has 0 unspecified atom stereocenters. The van der Waals surface area contributed by atoms with E-state index in [9.17, 15) is 9.18 Å².